The molecule has 34 heavy (non-hydrogen) atoms. The highest BCUT2D eigenvalue weighted by Crippen LogP contribution is 2.35. The van der Waals surface area contributed by atoms with E-state index in [1.165, 1.54) is 22.7 Å². The number of hydrogen-bond acceptors (Lipinski definition) is 4. The molecule has 1 fully saturated rings. The fourth-order valence-corrected chi connectivity index (χ4v) is 4.06. The number of amides is 2. The number of nitrogens with zero attached hydrogens (tertiary/aromatic N) is 5. The number of alkyl halides is 3. The third kappa shape index (κ3) is 4.28. The number of urea groups is 1. The molecule has 1 aromatic carbocycles. The number of anilines is 1. The third-order valence-electron chi connectivity index (χ3n) is 5.57. The van der Waals surface area contributed by atoms with Crippen molar-refractivity contribution in [3.63, 3.8) is 0 Å². The Morgan fingerprint density at radius 1 is 1.06 bits per heavy atom. The van der Waals surface area contributed by atoms with Crippen LogP contribution in [0.15, 0.2) is 54.9 Å². The Labute approximate surface area is 197 Å². The molecule has 174 valence electrons. The molecule has 11 heteroatoms. The van der Waals surface area contributed by atoms with Gasteiger partial charge in [0.15, 0.2) is 11.3 Å². The molecule has 0 aliphatic carbocycles. The summed E-state index contributed by atoms with van der Waals surface area (Å²) in [6.07, 6.45) is 0.0486. The first-order valence-corrected chi connectivity index (χ1v) is 10.9. The second-order valence-electron chi connectivity index (χ2n) is 7.86. The van der Waals surface area contributed by atoms with E-state index in [4.69, 9.17) is 11.6 Å². The molecule has 3 aromatic heterocycles. The average Bonchev–Trinajstić information content (AvgIpc) is 3.50. The van der Waals surface area contributed by atoms with Gasteiger partial charge in [-0.25, -0.2) is 14.3 Å². The number of halogens is 4. The minimum absolute atomic E-state index is 0.117. The van der Waals surface area contributed by atoms with Crippen LogP contribution in [-0.4, -0.2) is 43.6 Å². The summed E-state index contributed by atoms with van der Waals surface area (Å²) in [7, 11) is 0. The van der Waals surface area contributed by atoms with Gasteiger partial charge in [0.05, 0.1) is 28.3 Å². The van der Waals surface area contributed by atoms with Crippen LogP contribution in [0.4, 0.5) is 23.7 Å². The fourth-order valence-electron chi connectivity index (χ4n) is 3.90. The summed E-state index contributed by atoms with van der Waals surface area (Å²) >= 11 is 6.28. The lowest BCUT2D eigenvalue weighted by atomic mass is 10.1. The van der Waals surface area contributed by atoms with E-state index < -0.39 is 11.9 Å². The zero-order valence-electron chi connectivity index (χ0n) is 17.7. The number of benzene rings is 1. The van der Waals surface area contributed by atoms with Crippen molar-refractivity contribution in [3.05, 3.63) is 65.6 Å². The van der Waals surface area contributed by atoms with Crippen molar-refractivity contribution in [1.82, 2.24) is 24.5 Å². The summed E-state index contributed by atoms with van der Waals surface area (Å²) in [4.78, 5) is 22.2. The first-order chi connectivity index (χ1) is 16.3. The van der Waals surface area contributed by atoms with Crippen molar-refractivity contribution in [2.24, 2.45) is 0 Å². The first-order valence-electron chi connectivity index (χ1n) is 10.5. The number of aromatic nitrogens is 4. The lowest BCUT2D eigenvalue weighted by molar-refractivity contribution is -0.140. The molecule has 1 N–H and O–H groups in total. The number of imidazole rings is 1. The number of carbonyl (C=O) groups is 1. The van der Waals surface area contributed by atoms with Crippen LogP contribution in [0.3, 0.4) is 0 Å². The van der Waals surface area contributed by atoms with Crippen LogP contribution >= 0.6 is 11.6 Å². The van der Waals surface area contributed by atoms with Crippen molar-refractivity contribution in [1.29, 1.82) is 0 Å². The van der Waals surface area contributed by atoms with E-state index in [-0.39, 0.29) is 17.3 Å². The van der Waals surface area contributed by atoms with Crippen LogP contribution in [0.2, 0.25) is 5.02 Å². The Balaban J connectivity index is 1.47. The van der Waals surface area contributed by atoms with E-state index in [1.807, 2.05) is 0 Å². The van der Waals surface area contributed by atoms with Crippen LogP contribution < -0.4 is 5.32 Å². The predicted molar refractivity (Wildman–Crippen MR) is 121 cm³/mol. The van der Waals surface area contributed by atoms with E-state index in [0.29, 0.717) is 40.7 Å². The van der Waals surface area contributed by atoms with E-state index in [2.05, 4.69) is 20.4 Å². The van der Waals surface area contributed by atoms with Crippen molar-refractivity contribution in [2.75, 3.05) is 18.4 Å². The third-order valence-corrected chi connectivity index (χ3v) is 5.90. The van der Waals surface area contributed by atoms with Gasteiger partial charge in [0.1, 0.15) is 0 Å². The molecule has 5 rings (SSSR count). The highest BCUT2D eigenvalue weighted by molar-refractivity contribution is 6.33. The summed E-state index contributed by atoms with van der Waals surface area (Å²) in [6, 6.07) is 10.7. The lowest BCUT2D eigenvalue weighted by Crippen LogP contribution is -2.32. The van der Waals surface area contributed by atoms with E-state index >= 15 is 0 Å². The second-order valence-corrected chi connectivity index (χ2v) is 8.27. The zero-order valence-corrected chi connectivity index (χ0v) is 18.4. The second kappa shape index (κ2) is 8.60. The molecule has 2 amide bonds. The molecule has 4 aromatic rings. The Morgan fingerprint density at radius 2 is 1.85 bits per heavy atom. The van der Waals surface area contributed by atoms with Gasteiger partial charge in [0.2, 0.25) is 0 Å². The number of hydrogen-bond donors (Lipinski definition) is 1. The van der Waals surface area contributed by atoms with Gasteiger partial charge < -0.3 is 10.2 Å². The van der Waals surface area contributed by atoms with Crippen LogP contribution in [0, 0.1) is 0 Å². The SMILES string of the molecule is O=C(Nc1cc(-c2cn3nc(-c4cccnc4C(F)(F)F)ccc3n2)ccc1Cl)N1CCCC1. The Morgan fingerprint density at radius 3 is 2.62 bits per heavy atom. The zero-order chi connectivity index (χ0) is 23.9. The molecule has 1 saturated heterocycles. The molecule has 7 nitrogen and oxygen atoms in total. The molecule has 0 radical (unpaired) electrons. The van der Waals surface area contributed by atoms with E-state index in [9.17, 15) is 18.0 Å². The molecule has 1 aliphatic rings. The molecule has 0 spiro atoms. The number of pyridine rings is 1. The maximum absolute atomic E-state index is 13.4. The molecule has 0 atom stereocenters. The van der Waals surface area contributed by atoms with Crippen LogP contribution in [0.5, 0.6) is 0 Å². The summed E-state index contributed by atoms with van der Waals surface area (Å²) in [6.45, 7) is 1.41. The highest BCUT2D eigenvalue weighted by Gasteiger charge is 2.35. The van der Waals surface area contributed by atoms with Crippen molar-refractivity contribution >= 4 is 29.0 Å². The molecule has 0 bridgehead atoms. The monoisotopic (exact) mass is 486 g/mol. The van der Waals surface area contributed by atoms with Gasteiger partial charge >= 0.3 is 12.2 Å². The number of nitrogens with one attached hydrogen (secondary N) is 1. The van der Waals surface area contributed by atoms with Crippen molar-refractivity contribution < 1.29 is 18.0 Å². The number of rotatable bonds is 3. The van der Waals surface area contributed by atoms with Crippen molar-refractivity contribution in [3.8, 4) is 22.5 Å². The van der Waals surface area contributed by atoms with Gasteiger partial charge in [-0.15, -0.1) is 0 Å². The summed E-state index contributed by atoms with van der Waals surface area (Å²) in [5, 5.41) is 7.54. The molecule has 1 aliphatic heterocycles. The number of carbonyl (C=O) groups excluding carboxylic acids is 1. The topological polar surface area (TPSA) is 75.4 Å². The summed E-state index contributed by atoms with van der Waals surface area (Å²) in [5.74, 6) is 0. The lowest BCUT2D eigenvalue weighted by Gasteiger charge is -2.17. The summed E-state index contributed by atoms with van der Waals surface area (Å²) < 4.78 is 41.6. The van der Waals surface area contributed by atoms with Crippen molar-refractivity contribution in [2.45, 2.75) is 19.0 Å². The normalized spacial score (nSPS) is 14.1. The molecular formula is C23H18ClF3N6O. The Bertz CT molecular complexity index is 1380. The Hall–Kier alpha value is -3.66. The minimum atomic E-state index is -4.60. The first kappa shape index (κ1) is 22.1. The smallest absolute Gasteiger partial charge is 0.325 e. The highest BCUT2D eigenvalue weighted by atomic mass is 35.5. The number of fused-ring (bicyclic) bond motifs is 1. The maximum Gasteiger partial charge on any atom is 0.434 e. The van der Waals surface area contributed by atoms with Gasteiger partial charge in [0.25, 0.3) is 0 Å². The van der Waals surface area contributed by atoms with E-state index in [1.54, 1.807) is 35.4 Å². The maximum atomic E-state index is 13.4. The van der Waals surface area contributed by atoms with Crippen LogP contribution in [-0.2, 0) is 6.18 Å². The molecule has 4 heterocycles. The van der Waals surface area contributed by atoms with Gasteiger partial charge in [-0.3, -0.25) is 4.98 Å². The predicted octanol–water partition coefficient (Wildman–Crippen LogP) is 5.76. The molecular weight excluding hydrogens is 469 g/mol. The average molecular weight is 487 g/mol. The largest absolute Gasteiger partial charge is 0.434 e. The van der Waals surface area contributed by atoms with Crippen LogP contribution in [0.1, 0.15) is 18.5 Å². The molecule has 0 unspecified atom stereocenters. The summed E-state index contributed by atoms with van der Waals surface area (Å²) in [5.41, 5.74) is 1.10. The quantitative estimate of drug-likeness (QED) is 0.399. The van der Waals surface area contributed by atoms with Crippen LogP contribution in [0.25, 0.3) is 28.2 Å². The van der Waals surface area contributed by atoms with Gasteiger partial charge in [-0.1, -0.05) is 17.7 Å². The van der Waals surface area contributed by atoms with Gasteiger partial charge in [-0.2, -0.15) is 18.3 Å². The standard InChI is InChI=1S/C23H18ClF3N6O/c24-16-6-5-14(12-18(16)30-22(34)32-10-1-2-11-32)19-13-33-20(29-19)8-7-17(31-33)15-4-3-9-28-21(15)23(25,26)27/h3-9,12-13H,1-2,10-11H2,(H,30,34). The number of likely N-dealkylation sites (tertiary alicyclic amines) is 1. The van der Waals surface area contributed by atoms with Gasteiger partial charge in [0, 0.05) is 30.4 Å². The fraction of sp³-hybridized carbons (Fsp3) is 0.217. The minimum Gasteiger partial charge on any atom is -0.325 e. The Kier molecular flexibility index (Phi) is 5.60. The van der Waals surface area contributed by atoms with Gasteiger partial charge in [-0.05, 0) is 49.2 Å². The molecule has 0 saturated carbocycles. The van der Waals surface area contributed by atoms with E-state index in [0.717, 1.165) is 19.0 Å².